The van der Waals surface area contributed by atoms with Crippen LogP contribution in [0.1, 0.15) is 25.3 Å². The molecule has 0 bridgehead atoms. The van der Waals surface area contributed by atoms with Gasteiger partial charge in [-0.05, 0) is 48.7 Å². The Hall–Kier alpha value is -1.78. The summed E-state index contributed by atoms with van der Waals surface area (Å²) in [5.74, 6) is -0.0806. The monoisotopic (exact) mass is 369 g/mol. The van der Waals surface area contributed by atoms with Crippen molar-refractivity contribution >= 4 is 29.1 Å². The van der Waals surface area contributed by atoms with Crippen LogP contribution in [0.15, 0.2) is 42.5 Å². The maximum Gasteiger partial charge on any atom is 0.260 e. The van der Waals surface area contributed by atoms with E-state index in [4.69, 9.17) is 27.9 Å². The predicted molar refractivity (Wildman–Crippen MR) is 94.4 cm³/mol. The molecule has 2 aromatic carbocycles. The SMILES string of the molecule is CC(Oc1ccc(Cl)cc1Cl)C(=O)NCC(C)c1ccc(F)cc1. The summed E-state index contributed by atoms with van der Waals surface area (Å²) in [5.41, 5.74) is 0.950. The Labute approximate surface area is 150 Å². The average molecular weight is 370 g/mol. The topological polar surface area (TPSA) is 38.3 Å². The van der Waals surface area contributed by atoms with Crippen molar-refractivity contribution in [2.24, 2.45) is 0 Å². The lowest BCUT2D eigenvalue weighted by molar-refractivity contribution is -0.127. The molecule has 0 spiro atoms. The summed E-state index contributed by atoms with van der Waals surface area (Å²) in [7, 11) is 0. The number of hydrogen-bond acceptors (Lipinski definition) is 2. The molecule has 24 heavy (non-hydrogen) atoms. The van der Waals surface area contributed by atoms with E-state index in [0.29, 0.717) is 22.3 Å². The van der Waals surface area contributed by atoms with Gasteiger partial charge in [-0.2, -0.15) is 0 Å². The lowest BCUT2D eigenvalue weighted by atomic mass is 10.0. The van der Waals surface area contributed by atoms with Crippen LogP contribution in [-0.4, -0.2) is 18.6 Å². The highest BCUT2D eigenvalue weighted by atomic mass is 35.5. The van der Waals surface area contributed by atoms with E-state index in [9.17, 15) is 9.18 Å². The molecule has 0 aliphatic rings. The molecule has 0 radical (unpaired) electrons. The zero-order valence-corrected chi connectivity index (χ0v) is 14.9. The first-order valence-electron chi connectivity index (χ1n) is 7.51. The van der Waals surface area contributed by atoms with Crippen LogP contribution in [0.5, 0.6) is 5.75 Å². The van der Waals surface area contributed by atoms with Crippen LogP contribution in [0, 0.1) is 5.82 Å². The molecule has 1 amide bonds. The van der Waals surface area contributed by atoms with Crippen LogP contribution in [-0.2, 0) is 4.79 Å². The molecule has 2 rings (SSSR count). The van der Waals surface area contributed by atoms with Gasteiger partial charge in [0, 0.05) is 11.6 Å². The lowest BCUT2D eigenvalue weighted by Gasteiger charge is -2.18. The molecule has 0 heterocycles. The number of halogens is 3. The second-order valence-corrected chi connectivity index (χ2v) is 6.38. The van der Waals surface area contributed by atoms with Crippen molar-refractivity contribution < 1.29 is 13.9 Å². The summed E-state index contributed by atoms with van der Waals surface area (Å²) < 4.78 is 18.5. The Morgan fingerprint density at radius 1 is 1.17 bits per heavy atom. The van der Waals surface area contributed by atoms with Gasteiger partial charge in [0.1, 0.15) is 11.6 Å². The van der Waals surface area contributed by atoms with Crippen molar-refractivity contribution in [2.75, 3.05) is 6.54 Å². The van der Waals surface area contributed by atoms with Gasteiger partial charge in [0.2, 0.25) is 0 Å². The minimum Gasteiger partial charge on any atom is -0.479 e. The molecule has 0 aromatic heterocycles. The average Bonchev–Trinajstić information content (AvgIpc) is 2.55. The van der Waals surface area contributed by atoms with E-state index >= 15 is 0 Å². The summed E-state index contributed by atoms with van der Waals surface area (Å²) in [4.78, 5) is 12.2. The number of amides is 1. The van der Waals surface area contributed by atoms with Crippen LogP contribution < -0.4 is 10.1 Å². The Bertz CT molecular complexity index is 707. The van der Waals surface area contributed by atoms with Gasteiger partial charge in [-0.15, -0.1) is 0 Å². The minimum absolute atomic E-state index is 0.0564. The first-order chi connectivity index (χ1) is 11.4. The van der Waals surface area contributed by atoms with Crippen molar-refractivity contribution in [3.8, 4) is 5.75 Å². The van der Waals surface area contributed by atoms with Gasteiger partial charge in [-0.3, -0.25) is 4.79 Å². The van der Waals surface area contributed by atoms with Gasteiger partial charge in [0.05, 0.1) is 5.02 Å². The zero-order chi connectivity index (χ0) is 17.7. The molecule has 1 N–H and O–H groups in total. The summed E-state index contributed by atoms with van der Waals surface area (Å²) in [6.45, 7) is 4.02. The van der Waals surface area contributed by atoms with E-state index < -0.39 is 6.10 Å². The van der Waals surface area contributed by atoms with Crippen LogP contribution in [0.2, 0.25) is 10.0 Å². The highest BCUT2D eigenvalue weighted by molar-refractivity contribution is 6.35. The first-order valence-corrected chi connectivity index (χ1v) is 8.27. The fourth-order valence-corrected chi connectivity index (χ4v) is 2.57. The molecule has 0 fully saturated rings. The standard InChI is InChI=1S/C18H18Cl2FNO2/c1-11(13-3-6-15(21)7-4-13)10-22-18(23)12(2)24-17-8-5-14(19)9-16(17)20/h3-9,11-12H,10H2,1-2H3,(H,22,23). The predicted octanol–water partition coefficient (Wildman–Crippen LogP) is 4.82. The van der Waals surface area contributed by atoms with Gasteiger partial charge in [0.25, 0.3) is 5.91 Å². The molecule has 3 nitrogen and oxygen atoms in total. The Morgan fingerprint density at radius 3 is 2.46 bits per heavy atom. The van der Waals surface area contributed by atoms with E-state index in [1.807, 2.05) is 6.92 Å². The van der Waals surface area contributed by atoms with Gasteiger partial charge < -0.3 is 10.1 Å². The van der Waals surface area contributed by atoms with Crippen LogP contribution in [0.25, 0.3) is 0 Å². The van der Waals surface area contributed by atoms with Gasteiger partial charge >= 0.3 is 0 Å². The molecule has 128 valence electrons. The highest BCUT2D eigenvalue weighted by Crippen LogP contribution is 2.28. The van der Waals surface area contributed by atoms with Crippen LogP contribution in [0.3, 0.4) is 0 Å². The van der Waals surface area contributed by atoms with E-state index in [-0.39, 0.29) is 17.6 Å². The molecule has 0 aliphatic carbocycles. The number of ether oxygens (including phenoxy) is 1. The molecule has 2 aromatic rings. The largest absolute Gasteiger partial charge is 0.479 e. The third-order valence-corrected chi connectivity index (χ3v) is 4.12. The van der Waals surface area contributed by atoms with E-state index in [0.717, 1.165) is 5.56 Å². The van der Waals surface area contributed by atoms with Crippen molar-refractivity contribution in [2.45, 2.75) is 25.9 Å². The quantitative estimate of drug-likeness (QED) is 0.792. The summed E-state index contributed by atoms with van der Waals surface area (Å²) >= 11 is 11.9. The molecule has 2 atom stereocenters. The molecular weight excluding hydrogens is 352 g/mol. The van der Waals surface area contributed by atoms with E-state index in [2.05, 4.69) is 5.32 Å². The van der Waals surface area contributed by atoms with E-state index in [1.165, 1.54) is 12.1 Å². The minimum atomic E-state index is -0.705. The van der Waals surface area contributed by atoms with Crippen LogP contribution >= 0.6 is 23.2 Å². The van der Waals surface area contributed by atoms with Gasteiger partial charge in [0.15, 0.2) is 6.10 Å². The second kappa shape index (κ2) is 8.36. The third-order valence-electron chi connectivity index (χ3n) is 3.59. The van der Waals surface area contributed by atoms with E-state index in [1.54, 1.807) is 37.3 Å². The zero-order valence-electron chi connectivity index (χ0n) is 13.4. The Kier molecular flexibility index (Phi) is 6.46. The number of nitrogens with one attached hydrogen (secondary N) is 1. The third kappa shape index (κ3) is 5.11. The maximum atomic E-state index is 12.9. The Morgan fingerprint density at radius 2 is 1.83 bits per heavy atom. The van der Waals surface area contributed by atoms with Crippen molar-refractivity contribution in [1.29, 1.82) is 0 Å². The molecule has 2 unspecified atom stereocenters. The fraction of sp³-hybridized carbons (Fsp3) is 0.278. The number of hydrogen-bond donors (Lipinski definition) is 1. The molecule has 0 saturated heterocycles. The lowest BCUT2D eigenvalue weighted by Crippen LogP contribution is -2.38. The summed E-state index contributed by atoms with van der Waals surface area (Å²) in [6, 6.07) is 11.0. The van der Waals surface area contributed by atoms with Crippen molar-refractivity contribution in [3.63, 3.8) is 0 Å². The highest BCUT2D eigenvalue weighted by Gasteiger charge is 2.17. The molecule has 0 aliphatic heterocycles. The summed E-state index contributed by atoms with van der Waals surface area (Å²) in [5, 5.41) is 3.67. The number of benzene rings is 2. The van der Waals surface area contributed by atoms with Gasteiger partial charge in [-0.1, -0.05) is 42.3 Å². The fourth-order valence-electron chi connectivity index (χ4n) is 2.12. The number of carbonyl (C=O) groups excluding carboxylic acids is 1. The molecule has 6 heteroatoms. The van der Waals surface area contributed by atoms with Crippen molar-refractivity contribution in [1.82, 2.24) is 5.32 Å². The maximum absolute atomic E-state index is 12.9. The van der Waals surface area contributed by atoms with Crippen molar-refractivity contribution in [3.05, 3.63) is 63.9 Å². The van der Waals surface area contributed by atoms with Gasteiger partial charge in [-0.25, -0.2) is 4.39 Å². The molecule has 0 saturated carbocycles. The molecular formula is C18H18Cl2FNO2. The smallest absolute Gasteiger partial charge is 0.260 e. The normalized spacial score (nSPS) is 13.2. The second-order valence-electron chi connectivity index (χ2n) is 5.53. The summed E-state index contributed by atoms with van der Waals surface area (Å²) in [6.07, 6.45) is -0.705. The first kappa shape index (κ1) is 18.6. The number of rotatable bonds is 6. The Balaban J connectivity index is 1.88. The van der Waals surface area contributed by atoms with Crippen LogP contribution in [0.4, 0.5) is 4.39 Å². The number of carbonyl (C=O) groups is 1.